The molecular weight excluding hydrogens is 454 g/mol. The van der Waals surface area contributed by atoms with Gasteiger partial charge in [-0.1, -0.05) is 54.0 Å². The molecule has 4 rings (SSSR count). The molecule has 190 valence electrons. The fraction of sp³-hybridized carbons (Fsp3) is 0.621. The number of ether oxygens (including phenoxy) is 2. The number of unbranched alkanes of at least 4 members (excludes halogenated alkanes) is 1. The van der Waals surface area contributed by atoms with Crippen LogP contribution in [0.2, 0.25) is 16.6 Å². The van der Waals surface area contributed by atoms with Gasteiger partial charge >= 0.3 is 0 Å². The molecule has 2 aliphatic rings. The van der Waals surface area contributed by atoms with E-state index in [4.69, 9.17) is 18.3 Å². The molecular formula is C29H41NO4Si. The average molecular weight is 496 g/mol. The quantitative estimate of drug-likeness (QED) is 0.237. The number of nitrogens with zero attached hydrogens (tertiary/aromatic N) is 1. The molecule has 0 saturated carbocycles. The number of hydrogen-bond donors (Lipinski definition) is 0. The Balaban J connectivity index is 1.41. The van der Waals surface area contributed by atoms with Crippen molar-refractivity contribution in [1.82, 2.24) is 0 Å². The lowest BCUT2D eigenvalue weighted by atomic mass is 9.62. The van der Waals surface area contributed by atoms with Crippen LogP contribution in [0.3, 0.4) is 0 Å². The van der Waals surface area contributed by atoms with Gasteiger partial charge in [-0.25, -0.2) is 0 Å². The highest BCUT2D eigenvalue weighted by Crippen LogP contribution is 2.48. The zero-order valence-corrected chi connectivity index (χ0v) is 23.2. The van der Waals surface area contributed by atoms with Crippen molar-refractivity contribution >= 4 is 8.32 Å². The third-order valence-corrected chi connectivity index (χ3v) is 14.4. The second kappa shape index (κ2) is 10.1. The minimum Gasteiger partial charge on any atom is -0.543 e. The second-order valence-electron chi connectivity index (χ2n) is 11.3. The fourth-order valence-corrected chi connectivity index (χ4v) is 11.9. The predicted octanol–water partition coefficient (Wildman–Crippen LogP) is 7.61. The Labute approximate surface area is 211 Å². The summed E-state index contributed by atoms with van der Waals surface area (Å²) in [4.78, 5) is 0. The van der Waals surface area contributed by atoms with Gasteiger partial charge in [-0.05, 0) is 65.2 Å². The van der Waals surface area contributed by atoms with Gasteiger partial charge < -0.3 is 18.3 Å². The van der Waals surface area contributed by atoms with Crippen LogP contribution in [-0.2, 0) is 27.1 Å². The third-order valence-electron chi connectivity index (χ3n) is 8.37. The zero-order chi connectivity index (χ0) is 25.3. The summed E-state index contributed by atoms with van der Waals surface area (Å²) in [5.41, 5.74) is 4.59. The first-order valence-electron chi connectivity index (χ1n) is 13.2. The molecule has 0 N–H and O–H groups in total. The van der Waals surface area contributed by atoms with Crippen molar-refractivity contribution in [3.8, 4) is 11.8 Å². The molecule has 6 heteroatoms. The summed E-state index contributed by atoms with van der Waals surface area (Å²) in [6.45, 7) is 15.1. The van der Waals surface area contributed by atoms with Crippen molar-refractivity contribution in [1.29, 1.82) is 5.26 Å². The van der Waals surface area contributed by atoms with Crippen LogP contribution in [0.4, 0.5) is 0 Å². The number of benzene rings is 1. The topological polar surface area (TPSA) is 64.6 Å². The predicted molar refractivity (Wildman–Crippen MR) is 140 cm³/mol. The molecule has 0 radical (unpaired) electrons. The molecule has 0 amide bonds. The summed E-state index contributed by atoms with van der Waals surface area (Å²) in [6.07, 6.45) is 7.65. The first-order chi connectivity index (χ1) is 16.7. The smallest absolute Gasteiger partial charge is 0.258 e. The maximum Gasteiger partial charge on any atom is 0.258 e. The van der Waals surface area contributed by atoms with Gasteiger partial charge in [0.1, 0.15) is 5.75 Å². The molecule has 0 bridgehead atoms. The number of nitriles is 1. The first-order valence-corrected chi connectivity index (χ1v) is 15.4. The highest BCUT2D eigenvalue weighted by Gasteiger charge is 2.48. The Morgan fingerprint density at radius 3 is 2.17 bits per heavy atom. The molecule has 1 aliphatic carbocycles. The number of rotatable bonds is 11. The summed E-state index contributed by atoms with van der Waals surface area (Å²) in [5, 5.41) is 10.1. The number of fused-ring (bicyclic) bond motifs is 1. The summed E-state index contributed by atoms with van der Waals surface area (Å²) >= 11 is 0. The van der Waals surface area contributed by atoms with E-state index in [9.17, 15) is 5.26 Å². The van der Waals surface area contributed by atoms with Gasteiger partial charge in [0.05, 0.1) is 37.2 Å². The number of furan rings is 1. The van der Waals surface area contributed by atoms with Gasteiger partial charge in [-0.2, -0.15) is 5.26 Å². The maximum atomic E-state index is 10.1. The normalized spacial score (nSPS) is 21.3. The summed E-state index contributed by atoms with van der Waals surface area (Å²) in [7, 11) is -1.99. The molecule has 2 heterocycles. The Kier molecular flexibility index (Phi) is 7.52. The molecule has 1 aromatic heterocycles. The van der Waals surface area contributed by atoms with E-state index in [0.717, 1.165) is 43.4 Å². The average Bonchev–Trinajstić information content (AvgIpc) is 3.50. The van der Waals surface area contributed by atoms with Crippen LogP contribution in [0.25, 0.3) is 0 Å². The van der Waals surface area contributed by atoms with Crippen LogP contribution in [0.1, 0.15) is 83.9 Å². The van der Waals surface area contributed by atoms with Crippen molar-refractivity contribution in [2.45, 2.75) is 101 Å². The van der Waals surface area contributed by atoms with Gasteiger partial charge in [0.25, 0.3) is 8.32 Å². The standard InChI is InChI=1S/C29H41NO4Si/c1-21(2)35(22(3)4,23(5)6)34-26-9-10-27-24(17-26)18-28(27,20-30)12-7-8-13-29(32-15-16-33-29)25-11-14-31-19-25/h9-11,14,17,19,21-23H,7-8,12-13,15-16,18H2,1-6H3. The molecule has 0 spiro atoms. The lowest BCUT2D eigenvalue weighted by Gasteiger charge is -2.43. The van der Waals surface area contributed by atoms with Gasteiger partial charge in [0.15, 0.2) is 5.79 Å². The Hall–Kier alpha value is -2.07. The molecule has 1 aromatic carbocycles. The number of hydrogen-bond acceptors (Lipinski definition) is 5. The van der Waals surface area contributed by atoms with E-state index < -0.39 is 19.5 Å². The molecule has 1 aliphatic heterocycles. The van der Waals surface area contributed by atoms with Crippen LogP contribution in [0.15, 0.2) is 41.2 Å². The minimum atomic E-state index is -1.99. The van der Waals surface area contributed by atoms with Crippen molar-refractivity contribution < 1.29 is 18.3 Å². The molecule has 5 nitrogen and oxygen atoms in total. The third kappa shape index (κ3) is 4.59. The summed E-state index contributed by atoms with van der Waals surface area (Å²) in [6, 6.07) is 11.0. The van der Waals surface area contributed by atoms with Crippen LogP contribution < -0.4 is 4.43 Å². The molecule has 35 heavy (non-hydrogen) atoms. The van der Waals surface area contributed by atoms with Crippen molar-refractivity contribution in [3.05, 3.63) is 53.5 Å². The summed E-state index contributed by atoms with van der Waals surface area (Å²) in [5.74, 6) is 0.284. The van der Waals surface area contributed by atoms with Crippen molar-refractivity contribution in [3.63, 3.8) is 0 Å². The minimum absolute atomic E-state index is 0.392. The van der Waals surface area contributed by atoms with Gasteiger partial charge in [-0.3, -0.25) is 0 Å². The van der Waals surface area contributed by atoms with Crippen molar-refractivity contribution in [2.75, 3.05) is 13.2 Å². The Morgan fingerprint density at radius 2 is 1.63 bits per heavy atom. The van der Waals surface area contributed by atoms with E-state index in [-0.39, 0.29) is 0 Å². The first kappa shape index (κ1) is 26.0. The maximum absolute atomic E-state index is 10.1. The van der Waals surface area contributed by atoms with E-state index in [1.165, 1.54) is 11.1 Å². The molecule has 1 saturated heterocycles. The Morgan fingerprint density at radius 1 is 0.971 bits per heavy atom. The largest absolute Gasteiger partial charge is 0.543 e. The lowest BCUT2D eigenvalue weighted by Crippen LogP contribution is -2.50. The van der Waals surface area contributed by atoms with E-state index in [1.54, 1.807) is 12.5 Å². The summed E-state index contributed by atoms with van der Waals surface area (Å²) < 4.78 is 24.1. The van der Waals surface area contributed by atoms with Crippen molar-refractivity contribution in [2.24, 2.45) is 0 Å². The monoisotopic (exact) mass is 495 g/mol. The van der Waals surface area contributed by atoms with E-state index in [0.29, 0.717) is 29.8 Å². The van der Waals surface area contributed by atoms with E-state index in [2.05, 4.69) is 65.8 Å². The van der Waals surface area contributed by atoms with E-state index >= 15 is 0 Å². The highest BCUT2D eigenvalue weighted by atomic mass is 28.4. The van der Waals surface area contributed by atoms with Gasteiger partial charge in [-0.15, -0.1) is 0 Å². The lowest BCUT2D eigenvalue weighted by molar-refractivity contribution is -0.172. The molecule has 2 aromatic rings. The van der Waals surface area contributed by atoms with Gasteiger partial charge in [0, 0.05) is 12.0 Å². The molecule has 1 unspecified atom stereocenters. The Bertz CT molecular complexity index is 1010. The second-order valence-corrected chi connectivity index (χ2v) is 16.7. The van der Waals surface area contributed by atoms with Crippen LogP contribution in [0, 0.1) is 11.3 Å². The zero-order valence-electron chi connectivity index (χ0n) is 22.2. The molecule has 1 atom stereocenters. The van der Waals surface area contributed by atoms with Gasteiger partial charge in [0.2, 0.25) is 0 Å². The van der Waals surface area contributed by atoms with Crippen LogP contribution in [-0.4, -0.2) is 21.5 Å². The van der Waals surface area contributed by atoms with Crippen LogP contribution >= 0.6 is 0 Å². The highest BCUT2D eigenvalue weighted by molar-refractivity contribution is 6.78. The van der Waals surface area contributed by atoms with E-state index in [1.807, 2.05) is 6.07 Å². The van der Waals surface area contributed by atoms with Crippen LogP contribution in [0.5, 0.6) is 5.75 Å². The molecule has 1 fully saturated rings. The fourth-order valence-electron chi connectivity index (χ4n) is 6.67. The SMILES string of the molecule is CC(C)[Si](Oc1ccc2c(c1)CC2(C#N)CCCCC1(c2ccoc2)OCCO1)(C(C)C)C(C)C.